The van der Waals surface area contributed by atoms with E-state index in [1.807, 2.05) is 0 Å². The number of rotatable bonds is 3. The number of carboxylic acids is 1. The van der Waals surface area contributed by atoms with Gasteiger partial charge in [0.25, 0.3) is 0 Å². The number of hydrogen-bond donors (Lipinski definition) is 1. The summed E-state index contributed by atoms with van der Waals surface area (Å²) in [6, 6.07) is 0. The third-order valence-corrected chi connectivity index (χ3v) is 0.981. The van der Waals surface area contributed by atoms with Crippen LogP contribution in [0.2, 0.25) is 0 Å². The molecular formula is C7H10O4. The van der Waals surface area contributed by atoms with E-state index < -0.39 is 18.0 Å². The number of carbonyl (C=O) groups is 2. The first-order valence-corrected chi connectivity index (χ1v) is 3.12. The molecule has 0 heterocycles. The number of hydrogen-bond acceptors (Lipinski definition) is 3. The molecule has 0 aliphatic rings. The van der Waals surface area contributed by atoms with Crippen molar-refractivity contribution in [3.8, 4) is 0 Å². The molecule has 0 saturated carbocycles. The van der Waals surface area contributed by atoms with Gasteiger partial charge in [-0.25, -0.2) is 9.59 Å². The van der Waals surface area contributed by atoms with Crippen LogP contribution in [0.1, 0.15) is 13.3 Å². The number of esters is 1. The van der Waals surface area contributed by atoms with Crippen LogP contribution in [0, 0.1) is 0 Å². The van der Waals surface area contributed by atoms with Crippen LogP contribution in [0.15, 0.2) is 12.7 Å². The average Bonchev–Trinajstić information content (AvgIpc) is 1.87. The zero-order valence-corrected chi connectivity index (χ0v) is 6.24. The molecule has 1 N–H and O–H groups in total. The lowest BCUT2D eigenvalue weighted by Crippen LogP contribution is -2.21. The van der Waals surface area contributed by atoms with E-state index in [1.54, 1.807) is 13.0 Å². The van der Waals surface area contributed by atoms with Crippen molar-refractivity contribution in [1.29, 1.82) is 0 Å². The molecule has 62 valence electrons. The second-order valence-electron chi connectivity index (χ2n) is 2.05. The van der Waals surface area contributed by atoms with E-state index in [1.165, 1.54) is 0 Å². The highest BCUT2D eigenvalue weighted by molar-refractivity contribution is 6.28. The van der Waals surface area contributed by atoms with E-state index in [9.17, 15) is 9.59 Å². The lowest BCUT2D eigenvalue weighted by Gasteiger charge is -2.07. The molecule has 0 aliphatic heterocycles. The van der Waals surface area contributed by atoms with Gasteiger partial charge < -0.3 is 9.84 Å². The monoisotopic (exact) mass is 158 g/mol. The van der Waals surface area contributed by atoms with Crippen molar-refractivity contribution in [2.45, 2.75) is 19.4 Å². The highest BCUT2D eigenvalue weighted by atomic mass is 16.6. The van der Waals surface area contributed by atoms with Gasteiger partial charge in [0.2, 0.25) is 0 Å². The average molecular weight is 158 g/mol. The predicted molar refractivity (Wildman–Crippen MR) is 38.0 cm³/mol. The van der Waals surface area contributed by atoms with Gasteiger partial charge in [-0.05, 0) is 6.92 Å². The zero-order chi connectivity index (χ0) is 8.85. The normalized spacial score (nSPS) is 11.7. The number of ether oxygens (including phenoxy) is 1. The summed E-state index contributed by atoms with van der Waals surface area (Å²) in [4.78, 5) is 20.3. The van der Waals surface area contributed by atoms with Gasteiger partial charge in [0.05, 0.1) is 0 Å². The van der Waals surface area contributed by atoms with Gasteiger partial charge in [0.1, 0.15) is 6.10 Å². The molecule has 0 aromatic carbocycles. The first kappa shape index (κ1) is 9.68. The Bertz CT molecular complexity index is 173. The van der Waals surface area contributed by atoms with E-state index in [4.69, 9.17) is 5.11 Å². The van der Waals surface area contributed by atoms with Crippen molar-refractivity contribution in [2.24, 2.45) is 0 Å². The van der Waals surface area contributed by atoms with Crippen LogP contribution in [-0.4, -0.2) is 23.1 Å². The molecule has 1 unspecified atom stereocenters. The quantitative estimate of drug-likeness (QED) is 0.370. The molecule has 0 amide bonds. The van der Waals surface area contributed by atoms with Crippen molar-refractivity contribution >= 4 is 11.9 Å². The second-order valence-corrected chi connectivity index (χ2v) is 2.05. The Kier molecular flexibility index (Phi) is 3.95. The van der Waals surface area contributed by atoms with Gasteiger partial charge in [-0.1, -0.05) is 6.08 Å². The SMILES string of the molecule is C=CCC(C)OC(=O)C(=O)O. The van der Waals surface area contributed by atoms with Gasteiger partial charge in [0.15, 0.2) is 0 Å². The third kappa shape index (κ3) is 4.13. The maximum atomic E-state index is 10.4. The minimum Gasteiger partial charge on any atom is -0.473 e. The smallest absolute Gasteiger partial charge is 0.417 e. The Morgan fingerprint density at radius 2 is 2.27 bits per heavy atom. The Hall–Kier alpha value is -1.32. The highest BCUT2D eigenvalue weighted by Gasteiger charge is 2.15. The van der Waals surface area contributed by atoms with Crippen molar-refractivity contribution in [3.05, 3.63) is 12.7 Å². The molecule has 0 fully saturated rings. The number of carboxylic acid groups (broad SMARTS) is 1. The van der Waals surface area contributed by atoms with Crippen molar-refractivity contribution in [3.63, 3.8) is 0 Å². The number of carbonyl (C=O) groups excluding carboxylic acids is 1. The molecule has 0 spiro atoms. The van der Waals surface area contributed by atoms with Crippen LogP contribution in [0.3, 0.4) is 0 Å². The molecule has 1 atom stereocenters. The number of aliphatic carboxylic acids is 1. The molecule has 0 aromatic heterocycles. The maximum absolute atomic E-state index is 10.4. The molecule has 0 saturated heterocycles. The van der Waals surface area contributed by atoms with E-state index in [-0.39, 0.29) is 0 Å². The standard InChI is InChI=1S/C7H10O4/c1-3-4-5(2)11-7(10)6(8)9/h3,5H,1,4H2,2H3,(H,8,9). The Morgan fingerprint density at radius 3 is 2.64 bits per heavy atom. The molecule has 11 heavy (non-hydrogen) atoms. The Morgan fingerprint density at radius 1 is 1.73 bits per heavy atom. The summed E-state index contributed by atoms with van der Waals surface area (Å²) < 4.78 is 4.44. The summed E-state index contributed by atoms with van der Waals surface area (Å²) in [7, 11) is 0. The largest absolute Gasteiger partial charge is 0.473 e. The molecule has 0 bridgehead atoms. The van der Waals surface area contributed by atoms with Crippen LogP contribution >= 0.6 is 0 Å². The minimum absolute atomic E-state index is 0.420. The second kappa shape index (κ2) is 4.49. The van der Waals surface area contributed by atoms with Gasteiger partial charge in [-0.2, -0.15) is 0 Å². The zero-order valence-electron chi connectivity index (χ0n) is 6.24. The van der Waals surface area contributed by atoms with E-state index in [0.717, 1.165) is 0 Å². The molecule has 0 aromatic rings. The van der Waals surface area contributed by atoms with Crippen molar-refractivity contribution in [1.82, 2.24) is 0 Å². The fourth-order valence-electron chi connectivity index (χ4n) is 0.516. The summed E-state index contributed by atoms with van der Waals surface area (Å²) >= 11 is 0. The first-order chi connectivity index (χ1) is 5.07. The summed E-state index contributed by atoms with van der Waals surface area (Å²) in [5, 5.41) is 8.10. The predicted octanol–water partition coefficient (Wildman–Crippen LogP) is 0.579. The van der Waals surface area contributed by atoms with E-state index in [0.29, 0.717) is 6.42 Å². The summed E-state index contributed by atoms with van der Waals surface area (Å²) in [5.41, 5.74) is 0. The van der Waals surface area contributed by atoms with Crippen LogP contribution in [0.25, 0.3) is 0 Å². The summed E-state index contributed by atoms with van der Waals surface area (Å²) in [5.74, 6) is -2.79. The fourth-order valence-corrected chi connectivity index (χ4v) is 0.516. The van der Waals surface area contributed by atoms with E-state index >= 15 is 0 Å². The van der Waals surface area contributed by atoms with Crippen LogP contribution in [0.5, 0.6) is 0 Å². The van der Waals surface area contributed by atoms with Crippen LogP contribution in [0.4, 0.5) is 0 Å². The minimum atomic E-state index is -1.57. The molecule has 0 radical (unpaired) electrons. The van der Waals surface area contributed by atoms with Crippen molar-refractivity contribution < 1.29 is 19.4 Å². The van der Waals surface area contributed by atoms with Crippen LogP contribution in [-0.2, 0) is 14.3 Å². The molecule has 0 rings (SSSR count). The molecular weight excluding hydrogens is 148 g/mol. The third-order valence-electron chi connectivity index (χ3n) is 0.981. The fraction of sp³-hybridized carbons (Fsp3) is 0.429. The van der Waals surface area contributed by atoms with Gasteiger partial charge in [0, 0.05) is 6.42 Å². The van der Waals surface area contributed by atoms with Crippen LogP contribution < -0.4 is 0 Å². The topological polar surface area (TPSA) is 63.6 Å². The summed E-state index contributed by atoms with van der Waals surface area (Å²) in [6.45, 7) is 5.01. The molecule has 4 heteroatoms. The molecule has 4 nitrogen and oxygen atoms in total. The molecule has 0 aliphatic carbocycles. The van der Waals surface area contributed by atoms with Gasteiger partial charge >= 0.3 is 11.9 Å². The lowest BCUT2D eigenvalue weighted by molar-refractivity contribution is -0.166. The summed E-state index contributed by atoms with van der Waals surface area (Å²) in [6.07, 6.45) is 1.59. The van der Waals surface area contributed by atoms with Gasteiger partial charge in [-0.15, -0.1) is 6.58 Å². The Balaban J connectivity index is 3.74. The van der Waals surface area contributed by atoms with Gasteiger partial charge in [-0.3, -0.25) is 0 Å². The van der Waals surface area contributed by atoms with E-state index in [2.05, 4.69) is 11.3 Å². The first-order valence-electron chi connectivity index (χ1n) is 3.12. The lowest BCUT2D eigenvalue weighted by atomic mass is 10.3. The maximum Gasteiger partial charge on any atom is 0.417 e. The highest BCUT2D eigenvalue weighted by Crippen LogP contribution is 1.97. The van der Waals surface area contributed by atoms with Crippen molar-refractivity contribution in [2.75, 3.05) is 0 Å². The Labute approximate surface area is 64.5 Å².